The fourth-order valence-corrected chi connectivity index (χ4v) is 3.59. The maximum absolute atomic E-state index is 12.5. The predicted octanol–water partition coefficient (Wildman–Crippen LogP) is 3.12. The van der Waals surface area contributed by atoms with E-state index >= 15 is 0 Å². The van der Waals surface area contributed by atoms with E-state index in [0.717, 1.165) is 27.8 Å². The van der Waals surface area contributed by atoms with Gasteiger partial charge in [0.1, 0.15) is 15.7 Å². The molecule has 0 unspecified atom stereocenters. The molecule has 0 radical (unpaired) electrons. The molecule has 0 bridgehead atoms. The Morgan fingerprint density at radius 1 is 1.07 bits per heavy atom. The number of carbonyl (C=O) groups is 1. The highest BCUT2D eigenvalue weighted by atomic mass is 32.1. The normalized spacial score (nSPS) is 10.6. The van der Waals surface area contributed by atoms with Crippen LogP contribution in [0, 0.1) is 13.8 Å². The molecule has 2 heterocycles. The molecule has 0 fully saturated rings. The molecule has 0 spiro atoms. The van der Waals surface area contributed by atoms with Crippen LogP contribution in [0.4, 0.5) is 11.8 Å². The van der Waals surface area contributed by atoms with Crippen LogP contribution in [0.15, 0.2) is 36.4 Å². The second-order valence-corrected chi connectivity index (χ2v) is 7.57. The molecule has 1 aromatic carbocycles. The lowest BCUT2D eigenvalue weighted by Gasteiger charge is -2.13. The van der Waals surface area contributed by atoms with Crippen LogP contribution < -0.4 is 15.5 Å². The number of hydrogen-bond acceptors (Lipinski definition) is 7. The van der Waals surface area contributed by atoms with Gasteiger partial charge in [0, 0.05) is 44.5 Å². The molecule has 0 aliphatic carbocycles. The van der Waals surface area contributed by atoms with E-state index in [1.807, 2.05) is 69.2 Å². The number of benzene rings is 1. The average molecular weight is 397 g/mol. The molecule has 1 amide bonds. The Morgan fingerprint density at radius 3 is 2.54 bits per heavy atom. The van der Waals surface area contributed by atoms with Crippen LogP contribution in [0.25, 0.3) is 10.6 Å². The zero-order chi connectivity index (χ0) is 20.1. The van der Waals surface area contributed by atoms with E-state index in [-0.39, 0.29) is 5.91 Å². The summed E-state index contributed by atoms with van der Waals surface area (Å²) >= 11 is 1.41. The van der Waals surface area contributed by atoms with E-state index in [2.05, 4.69) is 25.6 Å². The molecule has 0 saturated carbocycles. The van der Waals surface area contributed by atoms with Crippen LogP contribution >= 0.6 is 11.3 Å². The van der Waals surface area contributed by atoms with E-state index in [9.17, 15) is 4.79 Å². The van der Waals surface area contributed by atoms with Crippen molar-refractivity contribution in [3.05, 3.63) is 52.7 Å². The number of nitrogens with zero attached hydrogens (tertiary/aromatic N) is 4. The van der Waals surface area contributed by atoms with Crippen molar-refractivity contribution in [2.24, 2.45) is 0 Å². The lowest BCUT2D eigenvalue weighted by Crippen LogP contribution is -2.29. The van der Waals surface area contributed by atoms with Gasteiger partial charge in [0.25, 0.3) is 5.91 Å². The Hall–Kier alpha value is -3.00. The van der Waals surface area contributed by atoms with E-state index in [1.54, 1.807) is 0 Å². The Bertz CT molecular complexity index is 955. The first-order chi connectivity index (χ1) is 13.4. The molecule has 2 N–H and O–H groups in total. The van der Waals surface area contributed by atoms with Gasteiger partial charge in [0.15, 0.2) is 0 Å². The molecule has 8 heteroatoms. The lowest BCUT2D eigenvalue weighted by atomic mass is 10.2. The summed E-state index contributed by atoms with van der Waals surface area (Å²) < 4.78 is 0. The van der Waals surface area contributed by atoms with Crippen LogP contribution in [0.2, 0.25) is 0 Å². The van der Waals surface area contributed by atoms with Crippen molar-refractivity contribution in [1.29, 1.82) is 0 Å². The minimum absolute atomic E-state index is 0.113. The number of rotatable bonds is 7. The second-order valence-electron chi connectivity index (χ2n) is 6.57. The van der Waals surface area contributed by atoms with Crippen molar-refractivity contribution in [2.45, 2.75) is 13.8 Å². The van der Waals surface area contributed by atoms with Crippen molar-refractivity contribution in [2.75, 3.05) is 37.4 Å². The molecule has 3 aromatic rings. The Balaban J connectivity index is 1.56. The highest BCUT2D eigenvalue weighted by Crippen LogP contribution is 2.27. The number of hydrogen-bond donors (Lipinski definition) is 2. The third kappa shape index (κ3) is 4.83. The van der Waals surface area contributed by atoms with E-state index < -0.39 is 0 Å². The smallest absolute Gasteiger partial charge is 0.263 e. The standard InChI is InChI=1S/C20H24N6OS/c1-13-12-16(26(3)4)25-20(23-13)22-11-10-21-18(27)17-14(2)24-19(28-17)15-8-6-5-7-9-15/h5-9,12H,10-11H2,1-4H3,(H,21,27)(H,22,23,25). The molecular weight excluding hydrogens is 372 g/mol. The van der Waals surface area contributed by atoms with Gasteiger partial charge in [-0.2, -0.15) is 4.98 Å². The summed E-state index contributed by atoms with van der Waals surface area (Å²) in [5.41, 5.74) is 2.65. The molecule has 3 rings (SSSR count). The molecule has 28 heavy (non-hydrogen) atoms. The van der Waals surface area contributed by atoms with Crippen molar-refractivity contribution in [1.82, 2.24) is 20.3 Å². The Kier molecular flexibility index (Phi) is 6.20. The van der Waals surface area contributed by atoms with Gasteiger partial charge in [-0.25, -0.2) is 9.97 Å². The van der Waals surface area contributed by atoms with Gasteiger partial charge in [-0.05, 0) is 13.8 Å². The van der Waals surface area contributed by atoms with Gasteiger partial charge in [0.05, 0.1) is 5.69 Å². The van der Waals surface area contributed by atoms with Gasteiger partial charge >= 0.3 is 0 Å². The minimum atomic E-state index is -0.113. The largest absolute Gasteiger partial charge is 0.363 e. The van der Waals surface area contributed by atoms with Gasteiger partial charge < -0.3 is 15.5 Å². The first-order valence-corrected chi connectivity index (χ1v) is 9.83. The highest BCUT2D eigenvalue weighted by Gasteiger charge is 2.15. The monoisotopic (exact) mass is 396 g/mol. The summed E-state index contributed by atoms with van der Waals surface area (Å²) in [6.07, 6.45) is 0. The Morgan fingerprint density at radius 2 is 1.82 bits per heavy atom. The van der Waals surface area contributed by atoms with Gasteiger partial charge in [-0.3, -0.25) is 4.79 Å². The zero-order valence-electron chi connectivity index (χ0n) is 16.5. The molecule has 2 aromatic heterocycles. The molecule has 7 nitrogen and oxygen atoms in total. The molecule has 0 atom stereocenters. The molecule has 146 valence electrons. The van der Waals surface area contributed by atoms with Crippen LogP contribution in [0.5, 0.6) is 0 Å². The van der Waals surface area contributed by atoms with Crippen molar-refractivity contribution < 1.29 is 4.79 Å². The van der Waals surface area contributed by atoms with Crippen molar-refractivity contribution in [3.8, 4) is 10.6 Å². The zero-order valence-corrected chi connectivity index (χ0v) is 17.3. The summed E-state index contributed by atoms with van der Waals surface area (Å²) in [6, 6.07) is 11.8. The quantitative estimate of drug-likeness (QED) is 0.597. The van der Waals surface area contributed by atoms with Crippen LogP contribution in [0.3, 0.4) is 0 Å². The topological polar surface area (TPSA) is 83.0 Å². The van der Waals surface area contributed by atoms with Crippen molar-refractivity contribution >= 4 is 29.0 Å². The van der Waals surface area contributed by atoms with Gasteiger partial charge in [0.2, 0.25) is 5.95 Å². The van der Waals surface area contributed by atoms with Crippen LogP contribution in [-0.2, 0) is 0 Å². The minimum Gasteiger partial charge on any atom is -0.363 e. The van der Waals surface area contributed by atoms with Crippen molar-refractivity contribution in [3.63, 3.8) is 0 Å². The second kappa shape index (κ2) is 8.79. The highest BCUT2D eigenvalue weighted by molar-refractivity contribution is 7.17. The number of nitrogens with one attached hydrogen (secondary N) is 2. The maximum atomic E-state index is 12.5. The SMILES string of the molecule is Cc1cc(N(C)C)nc(NCCNC(=O)c2sc(-c3ccccc3)nc2C)n1. The third-order valence-electron chi connectivity index (χ3n) is 4.02. The number of thiazole rings is 1. The number of carbonyl (C=O) groups excluding carboxylic acids is 1. The maximum Gasteiger partial charge on any atom is 0.263 e. The van der Waals surface area contributed by atoms with E-state index in [4.69, 9.17) is 0 Å². The molecule has 0 saturated heterocycles. The van der Waals surface area contributed by atoms with Crippen LogP contribution in [0.1, 0.15) is 21.1 Å². The number of amides is 1. The van der Waals surface area contributed by atoms with Gasteiger partial charge in [-0.15, -0.1) is 11.3 Å². The number of aryl methyl sites for hydroxylation is 2. The predicted molar refractivity (Wildman–Crippen MR) is 114 cm³/mol. The number of aromatic nitrogens is 3. The van der Waals surface area contributed by atoms with Crippen LogP contribution in [-0.4, -0.2) is 48.0 Å². The molecular formula is C20H24N6OS. The summed E-state index contributed by atoms with van der Waals surface area (Å²) in [5.74, 6) is 1.28. The first kappa shape index (κ1) is 19.8. The third-order valence-corrected chi connectivity index (χ3v) is 5.22. The Labute approximate surface area is 168 Å². The van der Waals surface area contributed by atoms with E-state index in [1.165, 1.54) is 11.3 Å². The van der Waals surface area contributed by atoms with Gasteiger partial charge in [-0.1, -0.05) is 30.3 Å². The summed E-state index contributed by atoms with van der Waals surface area (Å²) in [7, 11) is 3.87. The summed E-state index contributed by atoms with van der Waals surface area (Å²) in [4.78, 5) is 28.4. The number of anilines is 2. The lowest BCUT2D eigenvalue weighted by molar-refractivity contribution is 0.0958. The van der Waals surface area contributed by atoms with E-state index in [0.29, 0.717) is 23.9 Å². The average Bonchev–Trinajstić information content (AvgIpc) is 3.07. The summed E-state index contributed by atoms with van der Waals surface area (Å²) in [5, 5.41) is 6.94. The first-order valence-electron chi connectivity index (χ1n) is 9.02. The summed E-state index contributed by atoms with van der Waals surface area (Å²) in [6.45, 7) is 4.79. The molecule has 0 aliphatic heterocycles. The fourth-order valence-electron chi connectivity index (χ4n) is 2.60. The fraction of sp³-hybridized carbons (Fsp3) is 0.300. The molecule has 0 aliphatic rings.